The summed E-state index contributed by atoms with van der Waals surface area (Å²) in [5.41, 5.74) is 2.47. The quantitative estimate of drug-likeness (QED) is 0.759. The molecule has 0 unspecified atom stereocenters. The van der Waals surface area contributed by atoms with E-state index in [1.165, 1.54) is 16.0 Å². The Morgan fingerprint density at radius 2 is 1.76 bits per heavy atom. The molecule has 0 aliphatic carbocycles. The Kier molecular flexibility index (Phi) is 5.24. The van der Waals surface area contributed by atoms with Crippen LogP contribution in [0.25, 0.3) is 0 Å². The summed E-state index contributed by atoms with van der Waals surface area (Å²) in [7, 11) is 0. The molecule has 29 heavy (non-hydrogen) atoms. The molecule has 6 nitrogen and oxygen atoms in total. The maximum absolute atomic E-state index is 13.1. The number of ether oxygens (including phenoxy) is 2. The molecule has 3 heterocycles. The number of carbonyl (C=O) groups is 1. The minimum absolute atomic E-state index is 0.171. The molecule has 152 valence electrons. The largest absolute Gasteiger partial charge is 0.454 e. The van der Waals surface area contributed by atoms with Crippen LogP contribution >= 0.6 is 11.8 Å². The number of amides is 2. The van der Waals surface area contributed by atoms with Crippen LogP contribution in [0.4, 0.5) is 4.79 Å². The van der Waals surface area contributed by atoms with Crippen molar-refractivity contribution in [2.45, 2.75) is 18.0 Å². The zero-order valence-electron chi connectivity index (χ0n) is 16.4. The van der Waals surface area contributed by atoms with E-state index in [0.29, 0.717) is 13.3 Å². The predicted molar refractivity (Wildman–Crippen MR) is 112 cm³/mol. The van der Waals surface area contributed by atoms with Gasteiger partial charge in [0.25, 0.3) is 0 Å². The zero-order valence-corrected chi connectivity index (χ0v) is 17.2. The number of benzene rings is 2. The molecule has 0 saturated carbocycles. The van der Waals surface area contributed by atoms with Gasteiger partial charge in [0, 0.05) is 56.5 Å². The number of thioether (sulfide) groups is 1. The summed E-state index contributed by atoms with van der Waals surface area (Å²) in [6.45, 7) is 6.00. The normalized spacial score (nSPS) is 19.0. The molecule has 2 aromatic rings. The predicted octanol–water partition coefficient (Wildman–Crippen LogP) is 3.26. The molecule has 0 spiro atoms. The van der Waals surface area contributed by atoms with E-state index in [1.54, 1.807) is 0 Å². The molecule has 0 atom stereocenters. The van der Waals surface area contributed by atoms with E-state index in [-0.39, 0.29) is 6.03 Å². The van der Waals surface area contributed by atoms with Crippen LogP contribution in [0.1, 0.15) is 11.1 Å². The molecule has 0 aromatic heterocycles. The average Bonchev–Trinajstić information content (AvgIpc) is 3.11. The second-order valence-corrected chi connectivity index (χ2v) is 8.75. The first-order valence-electron chi connectivity index (χ1n) is 10.1. The highest BCUT2D eigenvalue weighted by Crippen LogP contribution is 2.33. The van der Waals surface area contributed by atoms with Crippen LogP contribution in [-0.4, -0.2) is 66.0 Å². The summed E-state index contributed by atoms with van der Waals surface area (Å²) >= 11 is 1.85. The summed E-state index contributed by atoms with van der Waals surface area (Å²) in [5, 5.41) is 0. The lowest BCUT2D eigenvalue weighted by Gasteiger charge is -2.37. The summed E-state index contributed by atoms with van der Waals surface area (Å²) < 4.78 is 10.9. The van der Waals surface area contributed by atoms with Crippen molar-refractivity contribution in [2.75, 3.05) is 45.3 Å². The first-order valence-corrected chi connectivity index (χ1v) is 11.1. The number of urea groups is 1. The number of rotatable bonds is 2. The van der Waals surface area contributed by atoms with Gasteiger partial charge in [-0.1, -0.05) is 24.3 Å². The third-order valence-electron chi connectivity index (χ3n) is 5.71. The van der Waals surface area contributed by atoms with Gasteiger partial charge in [0.15, 0.2) is 11.5 Å². The van der Waals surface area contributed by atoms with Gasteiger partial charge in [-0.2, -0.15) is 0 Å². The Hall–Kier alpha value is -2.38. The fourth-order valence-corrected chi connectivity index (χ4v) is 5.11. The molecule has 0 N–H and O–H groups in total. The van der Waals surface area contributed by atoms with Crippen molar-refractivity contribution in [1.29, 1.82) is 0 Å². The van der Waals surface area contributed by atoms with Gasteiger partial charge < -0.3 is 19.3 Å². The van der Waals surface area contributed by atoms with Crippen molar-refractivity contribution in [1.82, 2.24) is 14.7 Å². The maximum Gasteiger partial charge on any atom is 0.320 e. The Balaban J connectivity index is 1.17. The first kappa shape index (κ1) is 18.6. The van der Waals surface area contributed by atoms with E-state index in [2.05, 4.69) is 41.3 Å². The number of nitrogens with zero attached hydrogens (tertiary/aromatic N) is 3. The van der Waals surface area contributed by atoms with Gasteiger partial charge in [0.05, 0.1) is 0 Å². The maximum atomic E-state index is 13.1. The molecule has 7 heteroatoms. The van der Waals surface area contributed by atoms with Gasteiger partial charge >= 0.3 is 6.03 Å². The average molecular weight is 412 g/mol. The van der Waals surface area contributed by atoms with Crippen molar-refractivity contribution in [2.24, 2.45) is 0 Å². The van der Waals surface area contributed by atoms with Gasteiger partial charge in [0.2, 0.25) is 6.79 Å². The lowest BCUT2D eigenvalue weighted by molar-refractivity contribution is 0.109. The molecule has 0 bridgehead atoms. The summed E-state index contributed by atoms with van der Waals surface area (Å²) in [6.07, 6.45) is 0. The fraction of sp³-hybridized carbons (Fsp3) is 0.409. The number of piperazine rings is 1. The third kappa shape index (κ3) is 4.02. The van der Waals surface area contributed by atoms with E-state index in [4.69, 9.17) is 9.47 Å². The second-order valence-electron chi connectivity index (χ2n) is 7.61. The summed E-state index contributed by atoms with van der Waals surface area (Å²) in [6, 6.07) is 14.7. The highest BCUT2D eigenvalue weighted by atomic mass is 32.2. The topological polar surface area (TPSA) is 45.3 Å². The van der Waals surface area contributed by atoms with Crippen molar-refractivity contribution >= 4 is 17.8 Å². The standard InChI is InChI=1S/C22H25N3O3S/c26-22(25-11-12-29-21-4-2-1-3-18(21)15-25)24-9-7-23(8-10-24)14-17-5-6-19-20(13-17)28-16-27-19/h1-6,13H,7-12,14-16H2. The smallest absolute Gasteiger partial charge is 0.320 e. The zero-order chi connectivity index (χ0) is 19.6. The fourth-order valence-electron chi connectivity index (χ4n) is 4.08. The highest BCUT2D eigenvalue weighted by molar-refractivity contribution is 7.99. The number of hydrogen-bond donors (Lipinski definition) is 0. The van der Waals surface area contributed by atoms with E-state index >= 15 is 0 Å². The van der Waals surface area contributed by atoms with Crippen LogP contribution in [0.5, 0.6) is 11.5 Å². The van der Waals surface area contributed by atoms with Crippen LogP contribution in [0, 0.1) is 0 Å². The molecule has 3 aliphatic heterocycles. The van der Waals surface area contributed by atoms with Gasteiger partial charge in [-0.15, -0.1) is 11.8 Å². The van der Waals surface area contributed by atoms with Crippen molar-refractivity contribution in [3.8, 4) is 11.5 Å². The molecule has 0 radical (unpaired) electrons. The molecule has 2 aromatic carbocycles. The molecule has 2 amide bonds. The monoisotopic (exact) mass is 411 g/mol. The molecular formula is C22H25N3O3S. The van der Waals surface area contributed by atoms with Gasteiger partial charge in [0.1, 0.15) is 0 Å². The van der Waals surface area contributed by atoms with E-state index in [1.807, 2.05) is 27.6 Å². The van der Waals surface area contributed by atoms with Crippen LogP contribution in [0.3, 0.4) is 0 Å². The Morgan fingerprint density at radius 1 is 0.931 bits per heavy atom. The van der Waals surface area contributed by atoms with E-state index in [0.717, 1.165) is 56.5 Å². The minimum atomic E-state index is 0.171. The molecule has 1 fully saturated rings. The molecular weight excluding hydrogens is 386 g/mol. The second kappa shape index (κ2) is 8.16. The highest BCUT2D eigenvalue weighted by Gasteiger charge is 2.27. The Labute approximate surface area is 175 Å². The van der Waals surface area contributed by atoms with Crippen LogP contribution < -0.4 is 9.47 Å². The SMILES string of the molecule is O=C(N1CCN(Cc2ccc3c(c2)OCO3)CC1)N1CCSc2ccccc2C1. The van der Waals surface area contributed by atoms with Crippen molar-refractivity contribution < 1.29 is 14.3 Å². The van der Waals surface area contributed by atoms with Crippen LogP contribution in [-0.2, 0) is 13.1 Å². The van der Waals surface area contributed by atoms with Gasteiger partial charge in [-0.3, -0.25) is 4.90 Å². The van der Waals surface area contributed by atoms with Crippen molar-refractivity contribution in [3.63, 3.8) is 0 Å². The Morgan fingerprint density at radius 3 is 2.66 bits per heavy atom. The summed E-state index contributed by atoms with van der Waals surface area (Å²) in [5.74, 6) is 2.60. The van der Waals surface area contributed by atoms with Gasteiger partial charge in [-0.25, -0.2) is 4.79 Å². The molecule has 3 aliphatic rings. The molecule has 1 saturated heterocycles. The van der Waals surface area contributed by atoms with Crippen molar-refractivity contribution in [3.05, 3.63) is 53.6 Å². The lowest BCUT2D eigenvalue weighted by atomic mass is 10.1. The Bertz CT molecular complexity index is 899. The van der Waals surface area contributed by atoms with Crippen LogP contribution in [0.2, 0.25) is 0 Å². The first-order chi connectivity index (χ1) is 14.3. The number of carbonyl (C=O) groups excluding carboxylic acids is 1. The number of fused-ring (bicyclic) bond motifs is 2. The third-order valence-corrected chi connectivity index (χ3v) is 6.81. The van der Waals surface area contributed by atoms with Gasteiger partial charge in [-0.05, 0) is 29.3 Å². The minimum Gasteiger partial charge on any atom is -0.454 e. The summed E-state index contributed by atoms with van der Waals surface area (Å²) in [4.78, 5) is 20.8. The number of hydrogen-bond acceptors (Lipinski definition) is 5. The lowest BCUT2D eigenvalue weighted by Crippen LogP contribution is -2.52. The van der Waals surface area contributed by atoms with E-state index in [9.17, 15) is 4.79 Å². The molecule has 5 rings (SSSR count). The van der Waals surface area contributed by atoms with E-state index < -0.39 is 0 Å². The van der Waals surface area contributed by atoms with Crippen LogP contribution in [0.15, 0.2) is 47.4 Å².